The highest BCUT2D eigenvalue weighted by Crippen LogP contribution is 2.22. The zero-order valence-electron chi connectivity index (χ0n) is 9.04. The van der Waals surface area contributed by atoms with Crippen LogP contribution in [0.15, 0.2) is 47.6 Å². The third kappa shape index (κ3) is 1.89. The third-order valence-electron chi connectivity index (χ3n) is 2.61. The molecule has 2 aromatic heterocycles. The molecule has 7 heteroatoms. The maximum Gasteiger partial charge on any atom is 0.261 e. The maximum atomic E-state index is 11.1. The van der Waals surface area contributed by atoms with Gasteiger partial charge in [0.25, 0.3) is 9.05 Å². The molecule has 18 heavy (non-hydrogen) atoms. The summed E-state index contributed by atoms with van der Waals surface area (Å²) in [6, 6.07) is 8.13. The highest BCUT2D eigenvalue weighted by Gasteiger charge is 2.10. The van der Waals surface area contributed by atoms with Crippen LogP contribution >= 0.6 is 10.7 Å². The molecule has 1 N–H and O–H groups in total. The van der Waals surface area contributed by atoms with Crippen LogP contribution in [0.4, 0.5) is 0 Å². The van der Waals surface area contributed by atoms with Gasteiger partial charge in [0.05, 0.1) is 16.8 Å². The number of hydrogen-bond acceptors (Lipinski definition) is 3. The first-order valence-corrected chi connectivity index (χ1v) is 7.42. The lowest BCUT2D eigenvalue weighted by atomic mass is 10.2. The first-order chi connectivity index (χ1) is 8.54. The number of hydrogen-bond donors (Lipinski definition) is 1. The lowest BCUT2D eigenvalue weighted by Gasteiger charge is -1.98. The number of halogens is 1. The summed E-state index contributed by atoms with van der Waals surface area (Å²) in [5.74, 6) is 0. The van der Waals surface area contributed by atoms with Gasteiger partial charge in [0.2, 0.25) is 0 Å². The molecular formula is C11H8ClN3O2S. The lowest BCUT2D eigenvalue weighted by Crippen LogP contribution is -1.89. The largest absolute Gasteiger partial charge is 0.300 e. The van der Waals surface area contributed by atoms with Crippen LogP contribution in [0.25, 0.3) is 16.9 Å². The Bertz CT molecular complexity index is 774. The second kappa shape index (κ2) is 3.86. The van der Waals surface area contributed by atoms with Crippen LogP contribution in [0.5, 0.6) is 0 Å². The van der Waals surface area contributed by atoms with Crippen LogP contribution in [0.1, 0.15) is 0 Å². The fourth-order valence-electron chi connectivity index (χ4n) is 1.73. The molecule has 0 saturated heterocycles. The van der Waals surface area contributed by atoms with Gasteiger partial charge >= 0.3 is 0 Å². The minimum absolute atomic E-state index is 0.0812. The molecule has 0 aliphatic rings. The molecular weight excluding hydrogens is 274 g/mol. The molecule has 1 aromatic carbocycles. The van der Waals surface area contributed by atoms with E-state index in [1.165, 1.54) is 12.1 Å². The van der Waals surface area contributed by atoms with E-state index in [9.17, 15) is 8.42 Å². The van der Waals surface area contributed by atoms with E-state index in [0.29, 0.717) is 0 Å². The van der Waals surface area contributed by atoms with Crippen molar-refractivity contribution in [3.8, 4) is 11.3 Å². The Kier molecular flexibility index (Phi) is 2.42. The van der Waals surface area contributed by atoms with Gasteiger partial charge in [0, 0.05) is 28.5 Å². The van der Waals surface area contributed by atoms with Gasteiger partial charge in [-0.05, 0) is 12.1 Å². The topological polar surface area (TPSA) is 67.2 Å². The zero-order valence-corrected chi connectivity index (χ0v) is 10.6. The fourth-order valence-corrected chi connectivity index (χ4v) is 2.50. The number of aromatic amines is 1. The van der Waals surface area contributed by atoms with Gasteiger partial charge in [-0.1, -0.05) is 12.1 Å². The molecule has 92 valence electrons. The quantitative estimate of drug-likeness (QED) is 0.733. The van der Waals surface area contributed by atoms with Crippen LogP contribution in [0.2, 0.25) is 0 Å². The Labute approximate surface area is 107 Å². The van der Waals surface area contributed by atoms with Crippen LogP contribution < -0.4 is 0 Å². The Morgan fingerprint density at radius 3 is 2.50 bits per heavy atom. The van der Waals surface area contributed by atoms with E-state index in [-0.39, 0.29) is 4.90 Å². The van der Waals surface area contributed by atoms with Crippen molar-refractivity contribution in [1.29, 1.82) is 0 Å². The molecule has 0 saturated carbocycles. The highest BCUT2D eigenvalue weighted by molar-refractivity contribution is 8.13. The SMILES string of the molecule is O=S(=O)(Cl)c1ccc(-c2cn3[nH]ccc3n2)cc1. The van der Waals surface area contributed by atoms with Crippen molar-refractivity contribution in [2.45, 2.75) is 4.90 Å². The van der Waals surface area contributed by atoms with Gasteiger partial charge in [-0.3, -0.25) is 0 Å². The lowest BCUT2D eigenvalue weighted by molar-refractivity contribution is 0.609. The molecule has 5 nitrogen and oxygen atoms in total. The number of rotatable bonds is 2. The number of imidazole rings is 1. The van der Waals surface area contributed by atoms with Crippen molar-refractivity contribution in [2.75, 3.05) is 0 Å². The van der Waals surface area contributed by atoms with Crippen molar-refractivity contribution in [2.24, 2.45) is 0 Å². The Morgan fingerprint density at radius 2 is 1.89 bits per heavy atom. The number of benzene rings is 1. The van der Waals surface area contributed by atoms with E-state index in [2.05, 4.69) is 10.1 Å². The summed E-state index contributed by atoms with van der Waals surface area (Å²) in [6.07, 6.45) is 3.62. The van der Waals surface area contributed by atoms with Crippen molar-refractivity contribution < 1.29 is 8.42 Å². The molecule has 0 bridgehead atoms. The number of H-pyrrole nitrogens is 1. The number of fused-ring (bicyclic) bond motifs is 1. The summed E-state index contributed by atoms with van der Waals surface area (Å²) in [7, 11) is 1.58. The average Bonchev–Trinajstić information content (AvgIpc) is 2.88. The molecule has 0 fully saturated rings. The summed E-state index contributed by atoms with van der Waals surface area (Å²) in [5, 5.41) is 2.98. The molecule has 0 unspecified atom stereocenters. The van der Waals surface area contributed by atoms with Crippen molar-refractivity contribution >= 4 is 25.4 Å². The molecule has 3 rings (SSSR count). The molecule has 0 amide bonds. The maximum absolute atomic E-state index is 11.1. The predicted molar refractivity (Wildman–Crippen MR) is 68.0 cm³/mol. The fraction of sp³-hybridized carbons (Fsp3) is 0. The standard InChI is InChI=1S/C11H8ClN3O2S/c12-18(16,17)9-3-1-8(2-4-9)10-7-15-11(14-10)5-6-13-15/h1-7,13H. The van der Waals surface area contributed by atoms with E-state index >= 15 is 0 Å². The Morgan fingerprint density at radius 1 is 1.17 bits per heavy atom. The first-order valence-electron chi connectivity index (χ1n) is 5.12. The predicted octanol–water partition coefficient (Wildman–Crippen LogP) is 2.26. The van der Waals surface area contributed by atoms with Gasteiger partial charge in [-0.25, -0.2) is 17.9 Å². The number of aromatic nitrogens is 3. The zero-order chi connectivity index (χ0) is 12.8. The summed E-state index contributed by atoms with van der Waals surface area (Å²) >= 11 is 0. The van der Waals surface area contributed by atoms with Crippen LogP contribution in [-0.2, 0) is 9.05 Å². The summed E-state index contributed by atoms with van der Waals surface area (Å²) in [4.78, 5) is 4.47. The van der Waals surface area contributed by atoms with E-state index in [1.54, 1.807) is 22.8 Å². The molecule has 0 aliphatic carbocycles. The van der Waals surface area contributed by atoms with Crippen LogP contribution in [0, 0.1) is 0 Å². The minimum atomic E-state index is -3.68. The molecule has 0 spiro atoms. The average molecular weight is 282 g/mol. The van der Waals surface area contributed by atoms with Gasteiger partial charge in [-0.2, -0.15) is 0 Å². The third-order valence-corrected chi connectivity index (χ3v) is 3.98. The van der Waals surface area contributed by atoms with Crippen molar-refractivity contribution in [3.05, 3.63) is 42.7 Å². The molecule has 0 radical (unpaired) electrons. The van der Waals surface area contributed by atoms with Gasteiger partial charge < -0.3 is 5.10 Å². The smallest absolute Gasteiger partial charge is 0.261 e. The van der Waals surface area contributed by atoms with E-state index < -0.39 is 9.05 Å². The normalized spacial score (nSPS) is 12.1. The minimum Gasteiger partial charge on any atom is -0.300 e. The van der Waals surface area contributed by atoms with Crippen LogP contribution in [0.3, 0.4) is 0 Å². The first kappa shape index (κ1) is 11.3. The van der Waals surface area contributed by atoms with Crippen LogP contribution in [-0.4, -0.2) is 23.0 Å². The summed E-state index contributed by atoms with van der Waals surface area (Å²) < 4.78 is 24.0. The van der Waals surface area contributed by atoms with Gasteiger partial charge in [-0.15, -0.1) is 0 Å². The molecule has 2 heterocycles. The van der Waals surface area contributed by atoms with Crippen molar-refractivity contribution in [1.82, 2.24) is 14.6 Å². The van der Waals surface area contributed by atoms with Crippen molar-refractivity contribution in [3.63, 3.8) is 0 Å². The number of nitrogens with one attached hydrogen (secondary N) is 1. The van der Waals surface area contributed by atoms with E-state index in [4.69, 9.17) is 10.7 Å². The monoisotopic (exact) mass is 281 g/mol. The van der Waals surface area contributed by atoms with E-state index in [0.717, 1.165) is 16.9 Å². The molecule has 0 aliphatic heterocycles. The summed E-state index contributed by atoms with van der Waals surface area (Å²) in [5.41, 5.74) is 2.40. The second-order valence-electron chi connectivity index (χ2n) is 3.78. The van der Waals surface area contributed by atoms with E-state index in [1.807, 2.05) is 12.3 Å². The molecule has 3 aromatic rings. The molecule has 0 atom stereocenters. The number of nitrogens with zero attached hydrogens (tertiary/aromatic N) is 2. The van der Waals surface area contributed by atoms with Gasteiger partial charge in [0.15, 0.2) is 5.65 Å². The Balaban J connectivity index is 2.05. The van der Waals surface area contributed by atoms with Gasteiger partial charge in [0.1, 0.15) is 0 Å². The summed E-state index contributed by atoms with van der Waals surface area (Å²) in [6.45, 7) is 0. The highest BCUT2D eigenvalue weighted by atomic mass is 35.7. The second-order valence-corrected chi connectivity index (χ2v) is 6.34. The Hall–Kier alpha value is -1.79.